The van der Waals surface area contributed by atoms with Crippen molar-refractivity contribution in [1.29, 1.82) is 0 Å². The van der Waals surface area contributed by atoms with Crippen molar-refractivity contribution in [3.05, 3.63) is 0 Å². The molecule has 6 heteroatoms. The van der Waals surface area contributed by atoms with Crippen molar-refractivity contribution in [2.75, 3.05) is 33.2 Å². The van der Waals surface area contributed by atoms with Crippen LogP contribution in [0.4, 0.5) is 0 Å². The maximum atomic E-state index is 12.4. The summed E-state index contributed by atoms with van der Waals surface area (Å²) < 4.78 is 27.9. The summed E-state index contributed by atoms with van der Waals surface area (Å²) in [5.41, 5.74) is 5.63. The molecule has 2 aliphatic rings. The normalized spacial score (nSPS) is 30.9. The van der Waals surface area contributed by atoms with Gasteiger partial charge in [0.1, 0.15) is 0 Å². The lowest BCUT2D eigenvalue weighted by Crippen LogP contribution is -2.47. The largest absolute Gasteiger partial charge is 0.330 e. The number of nitrogens with two attached hydrogens (primary N) is 1. The number of hydrogen-bond acceptors (Lipinski definition) is 3. The van der Waals surface area contributed by atoms with E-state index in [0.717, 1.165) is 19.3 Å². The zero-order valence-corrected chi connectivity index (χ0v) is 12.2. The molecular formula is C12H25N3O2S. The van der Waals surface area contributed by atoms with Gasteiger partial charge in [-0.2, -0.15) is 17.0 Å². The van der Waals surface area contributed by atoms with Crippen LogP contribution in [0, 0.1) is 17.8 Å². The van der Waals surface area contributed by atoms with Crippen molar-refractivity contribution >= 4 is 10.2 Å². The van der Waals surface area contributed by atoms with Crippen molar-refractivity contribution in [2.45, 2.75) is 26.2 Å². The third-order valence-corrected chi connectivity index (χ3v) is 6.35. The number of piperidine rings is 1. The predicted molar refractivity (Wildman–Crippen MR) is 72.2 cm³/mol. The van der Waals surface area contributed by atoms with E-state index in [1.54, 1.807) is 11.4 Å². The first kappa shape index (κ1) is 14.2. The van der Waals surface area contributed by atoms with Crippen LogP contribution >= 0.6 is 0 Å². The zero-order valence-electron chi connectivity index (χ0n) is 11.4. The molecule has 1 saturated carbocycles. The van der Waals surface area contributed by atoms with E-state index < -0.39 is 10.2 Å². The summed E-state index contributed by atoms with van der Waals surface area (Å²) >= 11 is 0. The average molecular weight is 275 g/mol. The number of nitrogens with zero attached hydrogens (tertiary/aromatic N) is 2. The van der Waals surface area contributed by atoms with Crippen molar-refractivity contribution in [2.24, 2.45) is 23.5 Å². The Balaban J connectivity index is 1.90. The Bertz CT molecular complexity index is 377. The molecule has 0 aromatic heterocycles. The first-order chi connectivity index (χ1) is 8.45. The summed E-state index contributed by atoms with van der Waals surface area (Å²) in [6.45, 7) is 4.75. The molecule has 5 nitrogen and oxygen atoms in total. The summed E-state index contributed by atoms with van der Waals surface area (Å²) in [5, 5.41) is 0. The SMILES string of the molecule is CC1CC1CN(C)S(=O)(=O)N1CCC(CN)CC1. The van der Waals surface area contributed by atoms with Gasteiger partial charge in [0.2, 0.25) is 0 Å². The fourth-order valence-corrected chi connectivity index (χ4v) is 4.10. The van der Waals surface area contributed by atoms with Gasteiger partial charge in [-0.05, 0) is 43.6 Å². The second kappa shape index (κ2) is 5.45. The Morgan fingerprint density at radius 1 is 1.33 bits per heavy atom. The second-order valence-electron chi connectivity index (χ2n) is 5.84. The van der Waals surface area contributed by atoms with Crippen molar-refractivity contribution in [3.8, 4) is 0 Å². The van der Waals surface area contributed by atoms with E-state index >= 15 is 0 Å². The summed E-state index contributed by atoms with van der Waals surface area (Å²) in [4.78, 5) is 0. The van der Waals surface area contributed by atoms with E-state index in [1.165, 1.54) is 4.31 Å². The van der Waals surface area contributed by atoms with Gasteiger partial charge in [-0.25, -0.2) is 0 Å². The van der Waals surface area contributed by atoms with Crippen LogP contribution in [0.1, 0.15) is 26.2 Å². The number of rotatable bonds is 5. The van der Waals surface area contributed by atoms with Gasteiger partial charge in [0, 0.05) is 26.7 Å². The smallest absolute Gasteiger partial charge is 0.281 e. The Morgan fingerprint density at radius 3 is 2.33 bits per heavy atom. The molecule has 0 amide bonds. The van der Waals surface area contributed by atoms with Crippen LogP contribution in [-0.2, 0) is 10.2 Å². The minimum Gasteiger partial charge on any atom is -0.330 e. The molecule has 2 atom stereocenters. The lowest BCUT2D eigenvalue weighted by molar-refractivity contribution is 0.261. The highest BCUT2D eigenvalue weighted by atomic mass is 32.2. The molecule has 2 unspecified atom stereocenters. The summed E-state index contributed by atoms with van der Waals surface area (Å²) in [6.07, 6.45) is 2.95. The fraction of sp³-hybridized carbons (Fsp3) is 1.00. The van der Waals surface area contributed by atoms with E-state index in [0.29, 0.717) is 43.9 Å². The topological polar surface area (TPSA) is 66.6 Å². The number of hydrogen-bond donors (Lipinski definition) is 1. The van der Waals surface area contributed by atoms with E-state index in [4.69, 9.17) is 5.73 Å². The molecule has 0 aromatic rings. The van der Waals surface area contributed by atoms with E-state index in [9.17, 15) is 8.42 Å². The van der Waals surface area contributed by atoms with Gasteiger partial charge < -0.3 is 5.73 Å². The van der Waals surface area contributed by atoms with Crippen LogP contribution < -0.4 is 5.73 Å². The predicted octanol–water partition coefficient (Wildman–Crippen LogP) is 0.490. The van der Waals surface area contributed by atoms with Crippen LogP contribution in [0.15, 0.2) is 0 Å². The molecule has 18 heavy (non-hydrogen) atoms. The quantitative estimate of drug-likeness (QED) is 0.794. The van der Waals surface area contributed by atoms with Gasteiger partial charge in [0.15, 0.2) is 0 Å². The second-order valence-corrected chi connectivity index (χ2v) is 7.87. The highest BCUT2D eigenvalue weighted by Crippen LogP contribution is 2.38. The standard InChI is InChI=1S/C12H25N3O2S/c1-10-7-12(10)9-14(2)18(16,17)15-5-3-11(8-13)4-6-15/h10-12H,3-9,13H2,1-2H3. The lowest BCUT2D eigenvalue weighted by Gasteiger charge is -2.33. The van der Waals surface area contributed by atoms with Gasteiger partial charge in [-0.1, -0.05) is 6.92 Å². The van der Waals surface area contributed by atoms with Crippen molar-refractivity contribution < 1.29 is 8.42 Å². The van der Waals surface area contributed by atoms with Gasteiger partial charge >= 0.3 is 0 Å². The lowest BCUT2D eigenvalue weighted by atomic mass is 9.99. The Labute approximate surface area is 110 Å². The molecular weight excluding hydrogens is 250 g/mol. The van der Waals surface area contributed by atoms with Gasteiger partial charge in [0.25, 0.3) is 10.2 Å². The minimum absolute atomic E-state index is 0.491. The van der Waals surface area contributed by atoms with Crippen LogP contribution in [0.3, 0.4) is 0 Å². The van der Waals surface area contributed by atoms with Gasteiger partial charge in [-0.15, -0.1) is 0 Å². The molecule has 2 N–H and O–H groups in total. The van der Waals surface area contributed by atoms with Crippen LogP contribution in [0.25, 0.3) is 0 Å². The molecule has 1 saturated heterocycles. The van der Waals surface area contributed by atoms with Crippen LogP contribution in [0.2, 0.25) is 0 Å². The Kier molecular flexibility index (Phi) is 4.31. The van der Waals surface area contributed by atoms with E-state index in [2.05, 4.69) is 6.92 Å². The molecule has 0 bridgehead atoms. The average Bonchev–Trinajstić information content (AvgIpc) is 3.05. The zero-order chi connectivity index (χ0) is 13.3. The van der Waals surface area contributed by atoms with Crippen LogP contribution in [0.5, 0.6) is 0 Å². The highest BCUT2D eigenvalue weighted by Gasteiger charge is 2.38. The van der Waals surface area contributed by atoms with E-state index in [1.807, 2.05) is 0 Å². The fourth-order valence-electron chi connectivity index (χ4n) is 2.65. The summed E-state index contributed by atoms with van der Waals surface area (Å²) in [5.74, 6) is 1.74. The molecule has 2 rings (SSSR count). The Morgan fingerprint density at radius 2 is 1.89 bits per heavy atom. The molecule has 2 fully saturated rings. The van der Waals surface area contributed by atoms with Gasteiger partial charge in [0.05, 0.1) is 0 Å². The maximum Gasteiger partial charge on any atom is 0.281 e. The van der Waals surface area contributed by atoms with E-state index in [-0.39, 0.29) is 0 Å². The van der Waals surface area contributed by atoms with Crippen molar-refractivity contribution in [3.63, 3.8) is 0 Å². The molecule has 1 aliphatic carbocycles. The highest BCUT2D eigenvalue weighted by molar-refractivity contribution is 7.86. The van der Waals surface area contributed by atoms with Gasteiger partial charge in [-0.3, -0.25) is 0 Å². The Hall–Kier alpha value is -0.170. The monoisotopic (exact) mass is 275 g/mol. The molecule has 0 radical (unpaired) electrons. The third kappa shape index (κ3) is 3.04. The first-order valence-electron chi connectivity index (χ1n) is 6.86. The molecule has 1 heterocycles. The molecule has 0 spiro atoms. The first-order valence-corrected chi connectivity index (χ1v) is 8.26. The summed E-state index contributed by atoms with van der Waals surface area (Å²) in [6, 6.07) is 0. The van der Waals surface area contributed by atoms with Crippen LogP contribution in [-0.4, -0.2) is 50.3 Å². The molecule has 1 aliphatic heterocycles. The molecule has 0 aromatic carbocycles. The third-order valence-electron chi connectivity index (χ3n) is 4.39. The molecule has 106 valence electrons. The minimum atomic E-state index is -3.25. The maximum absolute atomic E-state index is 12.4. The van der Waals surface area contributed by atoms with Crippen molar-refractivity contribution in [1.82, 2.24) is 8.61 Å². The summed E-state index contributed by atoms with van der Waals surface area (Å²) in [7, 11) is -1.54.